The maximum atomic E-state index is 11.7. The Kier molecular flexibility index (Phi) is 4.00. The lowest BCUT2D eigenvalue weighted by molar-refractivity contribution is 0.0989. The van der Waals surface area contributed by atoms with Crippen LogP contribution in [0.3, 0.4) is 0 Å². The fourth-order valence-corrected chi connectivity index (χ4v) is 1.51. The van der Waals surface area contributed by atoms with Gasteiger partial charge in [0, 0.05) is 5.02 Å². The monoisotopic (exact) mass is 246 g/mol. The predicted molar refractivity (Wildman–Crippen MR) is 62.4 cm³/mol. The van der Waals surface area contributed by atoms with Crippen molar-refractivity contribution in [3.8, 4) is 5.75 Å². The molecule has 4 heteroatoms. The third-order valence-electron chi connectivity index (χ3n) is 2.11. The third-order valence-corrected chi connectivity index (χ3v) is 2.71. The van der Waals surface area contributed by atoms with Crippen LogP contribution >= 0.6 is 23.2 Å². The Bertz CT molecular complexity index is 386. The third kappa shape index (κ3) is 2.64. The summed E-state index contributed by atoms with van der Waals surface area (Å²) in [5.41, 5.74) is 1.29. The fourth-order valence-electron chi connectivity index (χ4n) is 1.23. The fraction of sp³-hybridized carbons (Fsp3) is 0.364. The van der Waals surface area contributed by atoms with Gasteiger partial charge in [0.25, 0.3) is 0 Å². The highest BCUT2D eigenvalue weighted by atomic mass is 35.5. The molecule has 0 radical (unpaired) electrons. The molecule has 0 bridgehead atoms. The molecular formula is C11H12Cl2O2. The normalized spacial score (nSPS) is 12.3. The Morgan fingerprint density at radius 1 is 1.47 bits per heavy atom. The van der Waals surface area contributed by atoms with Crippen molar-refractivity contribution in [2.45, 2.75) is 19.2 Å². The van der Waals surface area contributed by atoms with Crippen molar-refractivity contribution in [1.29, 1.82) is 0 Å². The molecule has 0 heterocycles. The summed E-state index contributed by atoms with van der Waals surface area (Å²) in [4.78, 5) is 11.7. The molecule has 1 rings (SSSR count). The molecule has 1 aromatic rings. The molecular weight excluding hydrogens is 235 g/mol. The van der Waals surface area contributed by atoms with Gasteiger partial charge in [-0.3, -0.25) is 4.79 Å². The summed E-state index contributed by atoms with van der Waals surface area (Å²) in [5.74, 6) is 0.324. The smallest absolute Gasteiger partial charge is 0.184 e. The van der Waals surface area contributed by atoms with E-state index >= 15 is 0 Å². The Labute approximate surface area is 99.1 Å². The van der Waals surface area contributed by atoms with Crippen molar-refractivity contribution in [2.75, 3.05) is 7.11 Å². The van der Waals surface area contributed by atoms with Crippen LogP contribution in [0.1, 0.15) is 22.8 Å². The Morgan fingerprint density at radius 3 is 2.53 bits per heavy atom. The second kappa shape index (κ2) is 4.86. The molecule has 0 N–H and O–H groups in total. The van der Waals surface area contributed by atoms with Crippen LogP contribution in [0.25, 0.3) is 0 Å². The summed E-state index contributed by atoms with van der Waals surface area (Å²) in [6.45, 7) is 3.47. The number of ether oxygens (including phenoxy) is 1. The summed E-state index contributed by atoms with van der Waals surface area (Å²) in [6.07, 6.45) is 0. The van der Waals surface area contributed by atoms with Gasteiger partial charge in [-0.2, -0.15) is 0 Å². The highest BCUT2D eigenvalue weighted by molar-refractivity contribution is 6.35. The minimum Gasteiger partial charge on any atom is -0.496 e. The number of Topliss-reactive ketones (excluding diaryl/α,β-unsaturated/α-hetero) is 1. The van der Waals surface area contributed by atoms with Crippen molar-refractivity contribution >= 4 is 29.0 Å². The lowest BCUT2D eigenvalue weighted by Gasteiger charge is -2.10. The van der Waals surface area contributed by atoms with Crippen molar-refractivity contribution in [3.63, 3.8) is 0 Å². The van der Waals surface area contributed by atoms with Crippen LogP contribution in [0.4, 0.5) is 0 Å². The maximum absolute atomic E-state index is 11.7. The Morgan fingerprint density at radius 2 is 2.07 bits per heavy atom. The molecule has 82 valence electrons. The van der Waals surface area contributed by atoms with E-state index in [1.54, 1.807) is 19.1 Å². The number of hydrogen-bond acceptors (Lipinski definition) is 2. The van der Waals surface area contributed by atoms with Crippen molar-refractivity contribution in [3.05, 3.63) is 28.3 Å². The molecule has 1 atom stereocenters. The van der Waals surface area contributed by atoms with Gasteiger partial charge in [-0.25, -0.2) is 0 Å². The SMILES string of the molecule is COc1cc(C)c(Cl)cc1C(=O)C(C)Cl. The zero-order valence-electron chi connectivity index (χ0n) is 8.80. The average molecular weight is 247 g/mol. The lowest BCUT2D eigenvalue weighted by Crippen LogP contribution is -2.12. The van der Waals surface area contributed by atoms with Gasteiger partial charge in [0.15, 0.2) is 5.78 Å². The van der Waals surface area contributed by atoms with Crippen LogP contribution < -0.4 is 4.74 Å². The summed E-state index contributed by atoms with van der Waals surface area (Å²) >= 11 is 11.7. The Hall–Kier alpha value is -0.730. The quantitative estimate of drug-likeness (QED) is 0.603. The molecule has 2 nitrogen and oxygen atoms in total. The molecule has 0 aliphatic rings. The molecule has 1 aromatic carbocycles. The number of halogens is 2. The molecule has 1 unspecified atom stereocenters. The summed E-state index contributed by atoms with van der Waals surface area (Å²) < 4.78 is 5.11. The van der Waals surface area contributed by atoms with Crippen molar-refractivity contribution in [1.82, 2.24) is 0 Å². The zero-order chi connectivity index (χ0) is 11.6. The van der Waals surface area contributed by atoms with Gasteiger partial charge < -0.3 is 4.74 Å². The number of rotatable bonds is 3. The minimum atomic E-state index is -0.585. The van der Waals surface area contributed by atoms with E-state index in [0.29, 0.717) is 16.3 Å². The largest absolute Gasteiger partial charge is 0.496 e. The van der Waals surface area contributed by atoms with Gasteiger partial charge in [0.2, 0.25) is 0 Å². The number of ketones is 1. The van der Waals surface area contributed by atoms with Crippen molar-refractivity contribution in [2.24, 2.45) is 0 Å². The average Bonchev–Trinajstić information content (AvgIpc) is 2.20. The number of aryl methyl sites for hydroxylation is 1. The first-order chi connectivity index (χ1) is 6.97. The van der Waals surface area contributed by atoms with E-state index in [0.717, 1.165) is 5.56 Å². The van der Waals surface area contributed by atoms with Crippen LogP contribution in [-0.4, -0.2) is 18.3 Å². The molecule has 15 heavy (non-hydrogen) atoms. The number of carbonyl (C=O) groups is 1. The van der Waals surface area contributed by atoms with Gasteiger partial charge in [0.05, 0.1) is 18.1 Å². The molecule has 0 amide bonds. The molecule has 0 aromatic heterocycles. The van der Waals surface area contributed by atoms with E-state index in [1.165, 1.54) is 7.11 Å². The van der Waals surface area contributed by atoms with Crippen LogP contribution in [0.2, 0.25) is 5.02 Å². The summed E-state index contributed by atoms with van der Waals surface area (Å²) in [7, 11) is 1.51. The first-order valence-electron chi connectivity index (χ1n) is 4.49. The molecule has 0 saturated carbocycles. The van der Waals surface area contributed by atoms with Gasteiger partial charge in [-0.05, 0) is 31.5 Å². The maximum Gasteiger partial charge on any atom is 0.184 e. The van der Waals surface area contributed by atoms with Crippen LogP contribution in [-0.2, 0) is 0 Å². The topological polar surface area (TPSA) is 26.3 Å². The van der Waals surface area contributed by atoms with E-state index in [1.807, 2.05) is 6.92 Å². The van der Waals surface area contributed by atoms with Crippen LogP contribution in [0.15, 0.2) is 12.1 Å². The highest BCUT2D eigenvalue weighted by Gasteiger charge is 2.18. The van der Waals surface area contributed by atoms with E-state index in [2.05, 4.69) is 0 Å². The van der Waals surface area contributed by atoms with Crippen LogP contribution in [0.5, 0.6) is 5.75 Å². The number of alkyl halides is 1. The van der Waals surface area contributed by atoms with Crippen LogP contribution in [0, 0.1) is 6.92 Å². The van der Waals surface area contributed by atoms with E-state index < -0.39 is 5.38 Å². The highest BCUT2D eigenvalue weighted by Crippen LogP contribution is 2.28. The second-order valence-electron chi connectivity index (χ2n) is 3.28. The first-order valence-corrected chi connectivity index (χ1v) is 5.31. The second-order valence-corrected chi connectivity index (χ2v) is 4.34. The summed E-state index contributed by atoms with van der Waals surface area (Å²) in [5, 5.41) is -0.0471. The van der Waals surface area contributed by atoms with E-state index in [-0.39, 0.29) is 5.78 Å². The number of carbonyl (C=O) groups excluding carboxylic acids is 1. The first kappa shape index (κ1) is 12.3. The minimum absolute atomic E-state index is 0.185. The standard InChI is InChI=1S/C11H12Cl2O2/c1-6-4-10(15-3)8(5-9(6)13)11(14)7(2)12/h4-5,7H,1-3H3. The van der Waals surface area contributed by atoms with E-state index in [9.17, 15) is 4.79 Å². The number of hydrogen-bond donors (Lipinski definition) is 0. The summed E-state index contributed by atoms with van der Waals surface area (Å²) in [6, 6.07) is 3.33. The molecule has 0 spiro atoms. The number of benzene rings is 1. The van der Waals surface area contributed by atoms with Gasteiger partial charge in [-0.15, -0.1) is 11.6 Å². The number of methoxy groups -OCH3 is 1. The molecule has 0 aliphatic heterocycles. The predicted octanol–water partition coefficient (Wildman–Crippen LogP) is 3.47. The molecule has 0 aliphatic carbocycles. The van der Waals surface area contributed by atoms with Gasteiger partial charge in [0.1, 0.15) is 5.75 Å². The Balaban J connectivity index is 3.27. The molecule has 0 saturated heterocycles. The zero-order valence-corrected chi connectivity index (χ0v) is 10.3. The van der Waals surface area contributed by atoms with Gasteiger partial charge >= 0.3 is 0 Å². The van der Waals surface area contributed by atoms with Gasteiger partial charge in [-0.1, -0.05) is 11.6 Å². The van der Waals surface area contributed by atoms with E-state index in [4.69, 9.17) is 27.9 Å². The lowest BCUT2D eigenvalue weighted by atomic mass is 10.1. The van der Waals surface area contributed by atoms with Crippen molar-refractivity contribution < 1.29 is 9.53 Å². The molecule has 0 fully saturated rings.